The topological polar surface area (TPSA) is 76.7 Å². The van der Waals surface area contributed by atoms with Gasteiger partial charge >= 0.3 is 0 Å². The standard InChI is InChI=1S/C22H28N2O4/c1-5-28-19-13-9-7-11-17(19)24-21(26)22(2,3)20(25)23-15-14-16-10-6-8-12-18(16)27-4/h6-13H,5,14-15H2,1-4H3,(H,23,25)(H,24,26). The fourth-order valence-electron chi connectivity index (χ4n) is 2.67. The van der Waals surface area contributed by atoms with Crippen LogP contribution in [0.4, 0.5) is 5.69 Å². The molecule has 0 unspecified atom stereocenters. The van der Waals surface area contributed by atoms with Crippen molar-refractivity contribution in [2.24, 2.45) is 5.41 Å². The van der Waals surface area contributed by atoms with Gasteiger partial charge in [-0.05, 0) is 51.0 Å². The molecule has 0 aliphatic rings. The molecule has 150 valence electrons. The molecule has 0 heterocycles. The maximum atomic E-state index is 12.7. The van der Waals surface area contributed by atoms with Gasteiger partial charge in [0.25, 0.3) is 0 Å². The van der Waals surface area contributed by atoms with Crippen molar-refractivity contribution in [3.8, 4) is 11.5 Å². The average molecular weight is 384 g/mol. The number of methoxy groups -OCH3 is 1. The van der Waals surface area contributed by atoms with Crippen molar-refractivity contribution in [1.29, 1.82) is 0 Å². The first-order valence-electron chi connectivity index (χ1n) is 9.33. The Labute approximate surface area is 166 Å². The Kier molecular flexibility index (Phi) is 7.44. The maximum Gasteiger partial charge on any atom is 0.239 e. The average Bonchev–Trinajstić information content (AvgIpc) is 2.69. The van der Waals surface area contributed by atoms with Crippen molar-refractivity contribution < 1.29 is 19.1 Å². The number of hydrogen-bond acceptors (Lipinski definition) is 4. The summed E-state index contributed by atoms with van der Waals surface area (Å²) in [6, 6.07) is 14.8. The van der Waals surface area contributed by atoms with Gasteiger partial charge in [0, 0.05) is 6.54 Å². The van der Waals surface area contributed by atoms with Crippen molar-refractivity contribution in [2.75, 3.05) is 25.6 Å². The highest BCUT2D eigenvalue weighted by Gasteiger charge is 2.36. The Hall–Kier alpha value is -3.02. The van der Waals surface area contributed by atoms with Crippen molar-refractivity contribution in [2.45, 2.75) is 27.2 Å². The Morgan fingerprint density at radius 2 is 1.61 bits per heavy atom. The van der Waals surface area contributed by atoms with E-state index in [-0.39, 0.29) is 5.91 Å². The van der Waals surface area contributed by atoms with Crippen LogP contribution in [0, 0.1) is 5.41 Å². The Bertz CT molecular complexity index is 818. The fourth-order valence-corrected chi connectivity index (χ4v) is 2.67. The summed E-state index contributed by atoms with van der Waals surface area (Å²) in [6.45, 7) is 5.97. The Balaban J connectivity index is 1.97. The molecule has 0 spiro atoms. The number of rotatable bonds is 9. The summed E-state index contributed by atoms with van der Waals surface area (Å²) >= 11 is 0. The highest BCUT2D eigenvalue weighted by atomic mass is 16.5. The summed E-state index contributed by atoms with van der Waals surface area (Å²) in [5, 5.41) is 5.64. The van der Waals surface area contributed by atoms with E-state index in [4.69, 9.17) is 9.47 Å². The Morgan fingerprint density at radius 1 is 0.964 bits per heavy atom. The third kappa shape index (κ3) is 5.25. The van der Waals surface area contributed by atoms with Gasteiger partial charge in [0.1, 0.15) is 16.9 Å². The molecule has 0 aromatic heterocycles. The van der Waals surface area contributed by atoms with Crippen LogP contribution in [-0.4, -0.2) is 32.1 Å². The van der Waals surface area contributed by atoms with Crippen LogP contribution in [0.25, 0.3) is 0 Å². The largest absolute Gasteiger partial charge is 0.496 e. The number of nitrogens with one attached hydrogen (secondary N) is 2. The van der Waals surface area contributed by atoms with Crippen molar-refractivity contribution >= 4 is 17.5 Å². The molecule has 0 fully saturated rings. The second-order valence-electron chi connectivity index (χ2n) is 6.83. The van der Waals surface area contributed by atoms with E-state index in [0.717, 1.165) is 11.3 Å². The Morgan fingerprint density at radius 3 is 2.29 bits per heavy atom. The van der Waals surface area contributed by atoms with Gasteiger partial charge in [-0.15, -0.1) is 0 Å². The zero-order valence-electron chi connectivity index (χ0n) is 16.9. The first-order chi connectivity index (χ1) is 13.4. The molecule has 6 heteroatoms. The lowest BCUT2D eigenvalue weighted by Gasteiger charge is -2.23. The van der Waals surface area contributed by atoms with Crippen molar-refractivity contribution in [3.63, 3.8) is 0 Å². The lowest BCUT2D eigenvalue weighted by Crippen LogP contribution is -2.45. The number of para-hydroxylation sites is 3. The summed E-state index contributed by atoms with van der Waals surface area (Å²) in [5.74, 6) is 0.621. The zero-order valence-corrected chi connectivity index (χ0v) is 16.9. The van der Waals surface area contributed by atoms with Gasteiger partial charge in [0.15, 0.2) is 0 Å². The molecular formula is C22H28N2O4. The highest BCUT2D eigenvalue weighted by Crippen LogP contribution is 2.26. The number of benzene rings is 2. The number of anilines is 1. The fraction of sp³-hybridized carbons (Fsp3) is 0.364. The van der Waals surface area contributed by atoms with E-state index >= 15 is 0 Å². The molecule has 2 amide bonds. The van der Waals surface area contributed by atoms with Crippen LogP contribution >= 0.6 is 0 Å². The van der Waals surface area contributed by atoms with Gasteiger partial charge in [-0.25, -0.2) is 0 Å². The monoisotopic (exact) mass is 384 g/mol. The van der Waals surface area contributed by atoms with Crippen LogP contribution in [-0.2, 0) is 16.0 Å². The molecule has 0 radical (unpaired) electrons. The van der Waals surface area contributed by atoms with Crippen molar-refractivity contribution in [3.05, 3.63) is 54.1 Å². The molecule has 2 aromatic rings. The molecule has 0 bridgehead atoms. The second-order valence-corrected chi connectivity index (χ2v) is 6.83. The van der Waals surface area contributed by atoms with Crippen LogP contribution in [0.3, 0.4) is 0 Å². The SMILES string of the molecule is CCOc1ccccc1NC(=O)C(C)(C)C(=O)NCCc1ccccc1OC. The number of ether oxygens (including phenoxy) is 2. The van der Waals surface area contributed by atoms with Crippen LogP contribution in [0.2, 0.25) is 0 Å². The van der Waals surface area contributed by atoms with Gasteiger partial charge in [0.2, 0.25) is 11.8 Å². The number of carbonyl (C=O) groups excluding carboxylic acids is 2. The van der Waals surface area contributed by atoms with Gasteiger partial charge in [-0.1, -0.05) is 30.3 Å². The first-order valence-corrected chi connectivity index (χ1v) is 9.33. The molecule has 0 saturated heterocycles. The van der Waals surface area contributed by atoms with E-state index in [1.807, 2.05) is 37.3 Å². The molecule has 0 aliphatic heterocycles. The third-order valence-corrected chi connectivity index (χ3v) is 4.44. The molecule has 2 aromatic carbocycles. The van der Waals surface area contributed by atoms with E-state index in [1.165, 1.54) is 0 Å². The molecule has 0 saturated carbocycles. The summed E-state index contributed by atoms with van der Waals surface area (Å²) < 4.78 is 10.8. The predicted octanol–water partition coefficient (Wildman–Crippen LogP) is 3.42. The summed E-state index contributed by atoms with van der Waals surface area (Å²) in [7, 11) is 1.62. The maximum absolute atomic E-state index is 12.7. The third-order valence-electron chi connectivity index (χ3n) is 4.44. The molecular weight excluding hydrogens is 356 g/mol. The van der Waals surface area contributed by atoms with Crippen LogP contribution in [0.15, 0.2) is 48.5 Å². The smallest absolute Gasteiger partial charge is 0.239 e. The van der Waals surface area contributed by atoms with Gasteiger partial charge in [-0.2, -0.15) is 0 Å². The normalized spacial score (nSPS) is 10.9. The number of carbonyl (C=O) groups is 2. The van der Waals surface area contributed by atoms with Gasteiger partial charge < -0.3 is 20.1 Å². The van der Waals surface area contributed by atoms with E-state index in [9.17, 15) is 9.59 Å². The molecule has 2 N–H and O–H groups in total. The highest BCUT2D eigenvalue weighted by molar-refractivity contribution is 6.10. The summed E-state index contributed by atoms with van der Waals surface area (Å²) in [6.07, 6.45) is 0.612. The summed E-state index contributed by atoms with van der Waals surface area (Å²) in [5.41, 5.74) is 0.308. The lowest BCUT2D eigenvalue weighted by atomic mass is 9.90. The summed E-state index contributed by atoms with van der Waals surface area (Å²) in [4.78, 5) is 25.3. The van der Waals surface area contributed by atoms with Gasteiger partial charge in [0.05, 0.1) is 19.4 Å². The first kappa shape index (κ1) is 21.3. The molecule has 0 atom stereocenters. The minimum Gasteiger partial charge on any atom is -0.496 e. The lowest BCUT2D eigenvalue weighted by molar-refractivity contribution is -0.138. The van der Waals surface area contributed by atoms with E-state index < -0.39 is 11.3 Å². The van der Waals surface area contributed by atoms with E-state index in [1.54, 1.807) is 39.2 Å². The molecule has 28 heavy (non-hydrogen) atoms. The quantitative estimate of drug-likeness (QED) is 0.650. The molecule has 2 rings (SSSR count). The van der Waals surface area contributed by atoms with Gasteiger partial charge in [-0.3, -0.25) is 9.59 Å². The minimum atomic E-state index is -1.24. The number of amides is 2. The molecule has 6 nitrogen and oxygen atoms in total. The van der Waals surface area contributed by atoms with Crippen LogP contribution in [0.1, 0.15) is 26.3 Å². The van der Waals surface area contributed by atoms with E-state index in [0.29, 0.717) is 31.0 Å². The van der Waals surface area contributed by atoms with E-state index in [2.05, 4.69) is 10.6 Å². The zero-order chi connectivity index (χ0) is 20.6. The number of hydrogen-bond donors (Lipinski definition) is 2. The predicted molar refractivity (Wildman–Crippen MR) is 110 cm³/mol. The molecule has 0 aliphatic carbocycles. The van der Waals surface area contributed by atoms with Crippen LogP contribution < -0.4 is 20.1 Å². The van der Waals surface area contributed by atoms with Crippen molar-refractivity contribution in [1.82, 2.24) is 5.32 Å². The minimum absolute atomic E-state index is 0.339. The second kappa shape index (κ2) is 9.78. The van der Waals surface area contributed by atoms with Crippen LogP contribution in [0.5, 0.6) is 11.5 Å².